The van der Waals surface area contributed by atoms with E-state index in [1.807, 2.05) is 6.92 Å². The lowest BCUT2D eigenvalue weighted by atomic mass is 10.2. The van der Waals surface area contributed by atoms with Crippen molar-refractivity contribution in [1.29, 1.82) is 0 Å². The van der Waals surface area contributed by atoms with Crippen LogP contribution < -0.4 is 10.6 Å². The third kappa shape index (κ3) is 3.37. The molecule has 23 heavy (non-hydrogen) atoms. The fourth-order valence-electron chi connectivity index (χ4n) is 1.95. The van der Waals surface area contributed by atoms with E-state index in [9.17, 15) is 9.18 Å². The number of pyridine rings is 2. The number of anilines is 1. The van der Waals surface area contributed by atoms with Crippen LogP contribution in [-0.4, -0.2) is 32.5 Å². The number of carbonyl (C=O) groups excluding carboxylic acids is 1. The summed E-state index contributed by atoms with van der Waals surface area (Å²) in [6, 6.07) is 5.83. The summed E-state index contributed by atoms with van der Waals surface area (Å²) in [6.45, 7) is 2.34. The number of rotatable bonds is 3. The molecule has 0 bridgehead atoms. The van der Waals surface area contributed by atoms with Crippen LogP contribution >= 0.6 is 0 Å². The van der Waals surface area contributed by atoms with E-state index in [1.54, 1.807) is 24.4 Å². The number of urea groups is 1. The highest BCUT2D eigenvalue weighted by molar-refractivity contribution is 5.89. The molecule has 3 aromatic rings. The number of hydrogen-bond acceptors (Lipinski definition) is 5. The van der Waals surface area contributed by atoms with Gasteiger partial charge in [0.25, 0.3) is 0 Å². The van der Waals surface area contributed by atoms with Gasteiger partial charge in [0.1, 0.15) is 11.3 Å². The summed E-state index contributed by atoms with van der Waals surface area (Å²) in [5.41, 5.74) is 2.11. The van der Waals surface area contributed by atoms with E-state index in [1.165, 1.54) is 12.3 Å². The van der Waals surface area contributed by atoms with Gasteiger partial charge < -0.3 is 5.32 Å². The predicted octanol–water partition coefficient (Wildman–Crippen LogP) is 2.37. The van der Waals surface area contributed by atoms with Crippen LogP contribution in [-0.2, 0) is 0 Å². The van der Waals surface area contributed by atoms with Crippen molar-refractivity contribution in [2.75, 3.05) is 11.9 Å². The van der Waals surface area contributed by atoms with E-state index in [4.69, 9.17) is 0 Å². The number of nitrogens with one attached hydrogen (secondary N) is 2. The number of carbonyl (C=O) groups is 1. The van der Waals surface area contributed by atoms with Crippen molar-refractivity contribution < 1.29 is 9.18 Å². The van der Waals surface area contributed by atoms with Crippen LogP contribution in [0.15, 0.2) is 36.7 Å². The smallest absolute Gasteiger partial charge is 0.320 e. The Labute approximate surface area is 131 Å². The maximum Gasteiger partial charge on any atom is 0.320 e. The Bertz CT molecular complexity index is 852. The predicted molar refractivity (Wildman–Crippen MR) is 83.2 cm³/mol. The largest absolute Gasteiger partial charge is 0.338 e. The number of aromatic nitrogens is 4. The molecule has 0 aliphatic rings. The van der Waals surface area contributed by atoms with E-state index < -0.39 is 5.95 Å². The standard InChI is InChI=1S/C15H13FN6O/c1-2-17-15(23)22-13-6-4-10-14(21-13)20-11(8-18-10)9-3-5-12(16)19-7-9/h3-8H,2H2,1H3,(H2,17,20,21,22,23). The second-order valence-electron chi connectivity index (χ2n) is 4.65. The number of fused-ring (bicyclic) bond motifs is 1. The highest BCUT2D eigenvalue weighted by atomic mass is 19.1. The van der Waals surface area contributed by atoms with Crippen molar-refractivity contribution >= 4 is 23.0 Å². The Balaban J connectivity index is 1.94. The molecule has 3 heterocycles. The van der Waals surface area contributed by atoms with Gasteiger partial charge in [0.15, 0.2) is 5.65 Å². The van der Waals surface area contributed by atoms with Gasteiger partial charge >= 0.3 is 6.03 Å². The minimum Gasteiger partial charge on any atom is -0.338 e. The SMILES string of the molecule is CCNC(=O)Nc1ccc2ncc(-c3ccc(F)nc3)nc2n1. The molecule has 8 heteroatoms. The van der Waals surface area contributed by atoms with Gasteiger partial charge in [-0.3, -0.25) is 10.3 Å². The Kier molecular flexibility index (Phi) is 4.05. The van der Waals surface area contributed by atoms with Gasteiger partial charge in [-0.05, 0) is 31.2 Å². The van der Waals surface area contributed by atoms with Crippen LogP contribution in [0.5, 0.6) is 0 Å². The molecule has 3 aromatic heterocycles. The van der Waals surface area contributed by atoms with Crippen molar-refractivity contribution in [2.45, 2.75) is 6.92 Å². The average Bonchev–Trinajstić information content (AvgIpc) is 2.55. The molecule has 0 aliphatic carbocycles. The Morgan fingerprint density at radius 3 is 2.74 bits per heavy atom. The molecule has 2 N–H and O–H groups in total. The molecule has 0 fully saturated rings. The molecule has 7 nitrogen and oxygen atoms in total. The second-order valence-corrected chi connectivity index (χ2v) is 4.65. The average molecular weight is 312 g/mol. The quantitative estimate of drug-likeness (QED) is 0.724. The molecule has 0 aromatic carbocycles. The molecular formula is C15H13FN6O. The van der Waals surface area contributed by atoms with Crippen LogP contribution in [0.2, 0.25) is 0 Å². The number of amides is 2. The van der Waals surface area contributed by atoms with Crippen molar-refractivity contribution in [1.82, 2.24) is 25.3 Å². The van der Waals surface area contributed by atoms with Crippen molar-refractivity contribution in [2.24, 2.45) is 0 Å². The fraction of sp³-hybridized carbons (Fsp3) is 0.133. The normalized spacial score (nSPS) is 10.5. The van der Waals surface area contributed by atoms with Crippen molar-refractivity contribution in [3.63, 3.8) is 0 Å². The Morgan fingerprint density at radius 2 is 2.00 bits per heavy atom. The number of hydrogen-bond donors (Lipinski definition) is 2. The van der Waals surface area contributed by atoms with Crippen LogP contribution in [0.3, 0.4) is 0 Å². The Morgan fingerprint density at radius 1 is 1.13 bits per heavy atom. The van der Waals surface area contributed by atoms with Crippen molar-refractivity contribution in [3.8, 4) is 11.3 Å². The summed E-state index contributed by atoms with van der Waals surface area (Å²) < 4.78 is 12.9. The van der Waals surface area contributed by atoms with Crippen LogP contribution in [0, 0.1) is 5.95 Å². The summed E-state index contributed by atoms with van der Waals surface area (Å²) in [5, 5.41) is 5.23. The molecule has 3 rings (SSSR count). The lowest BCUT2D eigenvalue weighted by Gasteiger charge is -2.06. The van der Waals surface area contributed by atoms with Gasteiger partial charge in [0.05, 0.1) is 11.9 Å². The zero-order chi connectivity index (χ0) is 16.2. The summed E-state index contributed by atoms with van der Waals surface area (Å²) in [7, 11) is 0. The lowest BCUT2D eigenvalue weighted by molar-refractivity contribution is 0.252. The minimum absolute atomic E-state index is 0.341. The third-order valence-electron chi connectivity index (χ3n) is 3.01. The summed E-state index contributed by atoms with van der Waals surface area (Å²) >= 11 is 0. The van der Waals surface area contributed by atoms with Crippen LogP contribution in [0.25, 0.3) is 22.4 Å². The molecule has 0 spiro atoms. The van der Waals surface area contributed by atoms with Crippen LogP contribution in [0.4, 0.5) is 15.0 Å². The first-order valence-electron chi connectivity index (χ1n) is 6.96. The molecule has 0 unspecified atom stereocenters. The first-order chi connectivity index (χ1) is 11.2. The highest BCUT2D eigenvalue weighted by Gasteiger charge is 2.07. The molecule has 0 atom stereocenters. The van der Waals surface area contributed by atoms with Gasteiger partial charge in [-0.15, -0.1) is 0 Å². The summed E-state index contributed by atoms with van der Waals surface area (Å²) in [5.74, 6) is -0.193. The maximum absolute atomic E-state index is 12.9. The zero-order valence-corrected chi connectivity index (χ0v) is 12.2. The summed E-state index contributed by atoms with van der Waals surface area (Å²) in [4.78, 5) is 28.0. The van der Waals surface area contributed by atoms with Gasteiger partial charge in [0.2, 0.25) is 5.95 Å². The van der Waals surface area contributed by atoms with Gasteiger partial charge in [-0.1, -0.05) is 0 Å². The van der Waals surface area contributed by atoms with Crippen molar-refractivity contribution in [3.05, 3.63) is 42.6 Å². The number of halogens is 1. The lowest BCUT2D eigenvalue weighted by Crippen LogP contribution is -2.28. The van der Waals surface area contributed by atoms with Gasteiger partial charge in [-0.2, -0.15) is 4.39 Å². The first kappa shape index (κ1) is 14.8. The minimum atomic E-state index is -0.561. The maximum atomic E-state index is 12.9. The molecular weight excluding hydrogens is 299 g/mol. The summed E-state index contributed by atoms with van der Waals surface area (Å²) in [6.07, 6.45) is 2.94. The second kappa shape index (κ2) is 6.30. The van der Waals surface area contributed by atoms with Gasteiger partial charge in [-0.25, -0.2) is 19.7 Å². The first-order valence-corrected chi connectivity index (χ1v) is 6.96. The van der Waals surface area contributed by atoms with E-state index >= 15 is 0 Å². The van der Waals surface area contributed by atoms with E-state index in [0.29, 0.717) is 34.8 Å². The molecule has 0 aliphatic heterocycles. The van der Waals surface area contributed by atoms with Gasteiger partial charge in [0, 0.05) is 18.3 Å². The monoisotopic (exact) mass is 312 g/mol. The van der Waals surface area contributed by atoms with E-state index in [2.05, 4.69) is 30.6 Å². The third-order valence-corrected chi connectivity index (χ3v) is 3.01. The topological polar surface area (TPSA) is 92.7 Å². The molecule has 2 amide bonds. The number of nitrogens with zero attached hydrogens (tertiary/aromatic N) is 4. The molecule has 116 valence electrons. The fourth-order valence-corrected chi connectivity index (χ4v) is 1.95. The molecule has 0 saturated heterocycles. The molecule has 0 radical (unpaired) electrons. The van der Waals surface area contributed by atoms with Crippen LogP contribution in [0.1, 0.15) is 6.92 Å². The van der Waals surface area contributed by atoms with E-state index in [-0.39, 0.29) is 6.03 Å². The Hall–Kier alpha value is -3.16. The van der Waals surface area contributed by atoms with E-state index in [0.717, 1.165) is 0 Å². The highest BCUT2D eigenvalue weighted by Crippen LogP contribution is 2.18. The zero-order valence-electron chi connectivity index (χ0n) is 12.2. The molecule has 0 saturated carbocycles.